The number of fused-ring (bicyclic) bond motifs is 1. The zero-order valence-corrected chi connectivity index (χ0v) is 13.9. The average Bonchev–Trinajstić information content (AvgIpc) is 3.33. The number of pyridine rings is 1. The van der Waals surface area contributed by atoms with Gasteiger partial charge in [-0.25, -0.2) is 0 Å². The van der Waals surface area contributed by atoms with Crippen molar-refractivity contribution in [2.24, 2.45) is 0 Å². The second-order valence-corrected chi connectivity index (χ2v) is 6.83. The Bertz CT molecular complexity index is 670. The zero-order valence-electron chi connectivity index (χ0n) is 13.9. The highest BCUT2D eigenvalue weighted by molar-refractivity contribution is 5.77. The molecule has 2 aliphatic rings. The standard InChI is InChI=1S/C19H24N4O/c24-19(6-5-16-4-2-10-21-16)23-12-8-17-18(23)7-11-22(17)14-15-3-1-9-20-13-15/h1-4,9-10,13,17-18,21H,5-8,11-12,14H2/t17-,18+/m0/s1. The Labute approximate surface area is 142 Å². The molecule has 2 aromatic heterocycles. The van der Waals surface area contributed by atoms with E-state index in [-0.39, 0.29) is 0 Å². The molecule has 24 heavy (non-hydrogen) atoms. The Kier molecular flexibility index (Phi) is 4.34. The summed E-state index contributed by atoms with van der Waals surface area (Å²) < 4.78 is 0. The number of aryl methyl sites for hydroxylation is 1. The minimum atomic E-state index is 0.306. The summed E-state index contributed by atoms with van der Waals surface area (Å²) >= 11 is 0. The van der Waals surface area contributed by atoms with E-state index in [0.717, 1.165) is 44.6 Å². The van der Waals surface area contributed by atoms with Crippen LogP contribution in [0.4, 0.5) is 0 Å². The van der Waals surface area contributed by atoms with Crippen molar-refractivity contribution in [2.45, 2.75) is 44.3 Å². The summed E-state index contributed by atoms with van der Waals surface area (Å²) in [6.45, 7) is 2.92. The van der Waals surface area contributed by atoms with Crippen LogP contribution in [0.3, 0.4) is 0 Å². The van der Waals surface area contributed by atoms with Crippen LogP contribution in [0.25, 0.3) is 0 Å². The molecule has 0 aliphatic carbocycles. The molecule has 0 radical (unpaired) electrons. The topological polar surface area (TPSA) is 52.2 Å². The van der Waals surface area contributed by atoms with Gasteiger partial charge in [0.25, 0.3) is 0 Å². The van der Waals surface area contributed by atoms with Crippen LogP contribution < -0.4 is 0 Å². The van der Waals surface area contributed by atoms with Crippen LogP contribution >= 0.6 is 0 Å². The fraction of sp³-hybridized carbons (Fsp3) is 0.474. The van der Waals surface area contributed by atoms with Gasteiger partial charge in [0.2, 0.25) is 5.91 Å². The summed E-state index contributed by atoms with van der Waals surface area (Å²) in [5, 5.41) is 0. The molecule has 5 heteroatoms. The maximum absolute atomic E-state index is 12.6. The number of carbonyl (C=O) groups excluding carboxylic acids is 1. The molecular formula is C19H24N4O. The number of nitrogens with zero attached hydrogens (tertiary/aromatic N) is 3. The van der Waals surface area contributed by atoms with Crippen LogP contribution in [0.15, 0.2) is 42.9 Å². The first-order valence-electron chi connectivity index (χ1n) is 8.86. The van der Waals surface area contributed by atoms with Gasteiger partial charge in [-0.1, -0.05) is 6.07 Å². The van der Waals surface area contributed by atoms with E-state index in [1.54, 1.807) is 0 Å². The molecule has 4 rings (SSSR count). The summed E-state index contributed by atoms with van der Waals surface area (Å²) in [6, 6.07) is 9.07. The van der Waals surface area contributed by atoms with Gasteiger partial charge < -0.3 is 9.88 Å². The first kappa shape index (κ1) is 15.4. The van der Waals surface area contributed by atoms with Gasteiger partial charge in [0, 0.05) is 62.4 Å². The number of aromatic nitrogens is 2. The molecule has 0 unspecified atom stereocenters. The first-order valence-corrected chi connectivity index (χ1v) is 8.86. The summed E-state index contributed by atoms with van der Waals surface area (Å²) in [5.74, 6) is 0.306. The number of nitrogens with one attached hydrogen (secondary N) is 1. The Morgan fingerprint density at radius 1 is 1.21 bits per heavy atom. The van der Waals surface area contributed by atoms with Crippen LogP contribution in [0, 0.1) is 0 Å². The molecule has 0 bridgehead atoms. The third-order valence-corrected chi connectivity index (χ3v) is 5.39. The summed E-state index contributed by atoms with van der Waals surface area (Å²) in [4.78, 5) is 24.7. The fourth-order valence-electron chi connectivity index (χ4n) is 4.22. The predicted octanol–water partition coefficient (Wildman–Crippen LogP) is 2.22. The number of carbonyl (C=O) groups is 1. The molecule has 1 amide bonds. The van der Waals surface area contributed by atoms with Crippen molar-refractivity contribution in [2.75, 3.05) is 13.1 Å². The molecule has 2 atom stereocenters. The fourth-order valence-corrected chi connectivity index (χ4v) is 4.22. The number of H-pyrrole nitrogens is 1. The molecule has 2 fully saturated rings. The van der Waals surface area contributed by atoms with E-state index in [1.807, 2.05) is 36.8 Å². The Morgan fingerprint density at radius 2 is 2.12 bits per heavy atom. The smallest absolute Gasteiger partial charge is 0.223 e. The van der Waals surface area contributed by atoms with E-state index in [2.05, 4.69) is 25.8 Å². The monoisotopic (exact) mass is 324 g/mol. The molecule has 4 heterocycles. The van der Waals surface area contributed by atoms with Crippen LogP contribution in [0.1, 0.15) is 30.5 Å². The highest BCUT2D eigenvalue weighted by Crippen LogP contribution is 2.33. The minimum Gasteiger partial charge on any atom is -0.365 e. The van der Waals surface area contributed by atoms with Gasteiger partial charge in [0.15, 0.2) is 0 Å². The van der Waals surface area contributed by atoms with Crippen LogP contribution in [0.2, 0.25) is 0 Å². The van der Waals surface area contributed by atoms with Crippen LogP contribution in [-0.2, 0) is 17.8 Å². The van der Waals surface area contributed by atoms with Crippen molar-refractivity contribution in [1.82, 2.24) is 19.8 Å². The Balaban J connectivity index is 1.35. The van der Waals surface area contributed by atoms with E-state index in [9.17, 15) is 4.79 Å². The molecule has 2 aromatic rings. The second kappa shape index (κ2) is 6.77. The molecule has 0 saturated carbocycles. The lowest BCUT2D eigenvalue weighted by Crippen LogP contribution is -2.39. The predicted molar refractivity (Wildman–Crippen MR) is 92.3 cm³/mol. The normalized spacial score (nSPS) is 23.6. The number of amides is 1. The number of rotatable bonds is 5. The van der Waals surface area contributed by atoms with Gasteiger partial charge in [0.1, 0.15) is 0 Å². The van der Waals surface area contributed by atoms with E-state index < -0.39 is 0 Å². The highest BCUT2D eigenvalue weighted by atomic mass is 16.2. The minimum absolute atomic E-state index is 0.306. The van der Waals surface area contributed by atoms with Crippen molar-refractivity contribution in [3.63, 3.8) is 0 Å². The molecule has 2 aliphatic heterocycles. The van der Waals surface area contributed by atoms with E-state index in [4.69, 9.17) is 0 Å². The third-order valence-electron chi connectivity index (χ3n) is 5.39. The highest BCUT2D eigenvalue weighted by Gasteiger charge is 2.43. The van der Waals surface area contributed by atoms with E-state index >= 15 is 0 Å². The Morgan fingerprint density at radius 3 is 2.92 bits per heavy atom. The maximum atomic E-state index is 12.6. The number of likely N-dealkylation sites (tertiary alicyclic amines) is 2. The Hall–Kier alpha value is -2.14. The molecule has 5 nitrogen and oxygen atoms in total. The molecule has 1 N–H and O–H groups in total. The van der Waals surface area contributed by atoms with Gasteiger partial charge in [0.05, 0.1) is 0 Å². The van der Waals surface area contributed by atoms with Gasteiger partial charge >= 0.3 is 0 Å². The SMILES string of the molecule is O=C(CCc1ccc[nH]1)N1CC[C@H]2[C@H]1CCN2Cc1cccnc1. The maximum Gasteiger partial charge on any atom is 0.223 e. The van der Waals surface area contributed by atoms with Crippen LogP contribution in [0.5, 0.6) is 0 Å². The van der Waals surface area contributed by atoms with Crippen molar-refractivity contribution >= 4 is 5.91 Å². The van der Waals surface area contributed by atoms with Gasteiger partial charge in [-0.15, -0.1) is 0 Å². The van der Waals surface area contributed by atoms with Crippen molar-refractivity contribution < 1.29 is 4.79 Å². The summed E-state index contributed by atoms with van der Waals surface area (Å²) in [5.41, 5.74) is 2.40. The second-order valence-electron chi connectivity index (χ2n) is 6.83. The first-order chi connectivity index (χ1) is 11.8. The van der Waals surface area contributed by atoms with Crippen molar-refractivity contribution in [3.8, 4) is 0 Å². The molecular weight excluding hydrogens is 300 g/mol. The van der Waals surface area contributed by atoms with Crippen LogP contribution in [-0.4, -0.2) is 50.8 Å². The molecule has 2 saturated heterocycles. The number of hydrogen-bond acceptors (Lipinski definition) is 3. The summed E-state index contributed by atoms with van der Waals surface area (Å²) in [6.07, 6.45) is 9.28. The largest absolute Gasteiger partial charge is 0.365 e. The van der Waals surface area contributed by atoms with Crippen molar-refractivity contribution in [1.29, 1.82) is 0 Å². The van der Waals surface area contributed by atoms with Gasteiger partial charge in [-0.3, -0.25) is 14.7 Å². The summed E-state index contributed by atoms with van der Waals surface area (Å²) in [7, 11) is 0. The third kappa shape index (κ3) is 3.08. The average molecular weight is 324 g/mol. The quantitative estimate of drug-likeness (QED) is 0.917. The van der Waals surface area contributed by atoms with Gasteiger partial charge in [-0.2, -0.15) is 0 Å². The number of aromatic amines is 1. The molecule has 126 valence electrons. The van der Waals surface area contributed by atoms with E-state index in [0.29, 0.717) is 24.4 Å². The molecule has 0 spiro atoms. The number of hydrogen-bond donors (Lipinski definition) is 1. The van der Waals surface area contributed by atoms with E-state index in [1.165, 1.54) is 5.56 Å². The van der Waals surface area contributed by atoms with Crippen molar-refractivity contribution in [3.05, 3.63) is 54.1 Å². The lowest BCUT2D eigenvalue weighted by Gasteiger charge is -2.25. The lowest BCUT2D eigenvalue weighted by molar-refractivity contribution is -0.132. The lowest BCUT2D eigenvalue weighted by atomic mass is 10.1. The van der Waals surface area contributed by atoms with Gasteiger partial charge in [-0.05, 0) is 43.0 Å². The zero-order chi connectivity index (χ0) is 16.4. The molecule has 0 aromatic carbocycles.